The number of fused-ring (bicyclic) bond motifs is 5. The van der Waals surface area contributed by atoms with Crippen LogP contribution >= 0.6 is 0 Å². The van der Waals surface area contributed by atoms with Crippen LogP contribution in [0.2, 0.25) is 0 Å². The van der Waals surface area contributed by atoms with Crippen LogP contribution in [0, 0.1) is 0 Å². The fraction of sp³-hybridized carbons (Fsp3) is 0.500. The summed E-state index contributed by atoms with van der Waals surface area (Å²) in [6.07, 6.45) is 11.9. The topological polar surface area (TPSA) is 164 Å². The van der Waals surface area contributed by atoms with Crippen molar-refractivity contribution in [1.29, 1.82) is 0 Å². The molecule has 7 aliphatic rings. The Balaban J connectivity index is 0.713. The van der Waals surface area contributed by atoms with Crippen LogP contribution in [0.5, 0.6) is 0 Å². The first-order valence-electron chi connectivity index (χ1n) is 25.0. The second-order valence-corrected chi connectivity index (χ2v) is 19.8. The van der Waals surface area contributed by atoms with Gasteiger partial charge in [0.05, 0.1) is 11.0 Å². The number of anilines is 2. The summed E-state index contributed by atoms with van der Waals surface area (Å²) >= 11 is 0. The monoisotopic (exact) mass is 919 g/mol. The predicted octanol–water partition coefficient (Wildman–Crippen LogP) is 4.51. The van der Waals surface area contributed by atoms with Gasteiger partial charge in [-0.3, -0.25) is 33.9 Å². The van der Waals surface area contributed by atoms with Gasteiger partial charge in [-0.15, -0.1) is 0 Å². The largest absolute Gasteiger partial charge is 0.422 e. The van der Waals surface area contributed by atoms with Gasteiger partial charge in [0.2, 0.25) is 23.6 Å². The van der Waals surface area contributed by atoms with E-state index in [1.807, 2.05) is 23.1 Å². The Labute approximate surface area is 393 Å². The lowest BCUT2D eigenvalue weighted by atomic mass is 9.90. The molecule has 68 heavy (non-hydrogen) atoms. The van der Waals surface area contributed by atoms with Crippen molar-refractivity contribution < 1.29 is 28.4 Å². The van der Waals surface area contributed by atoms with E-state index < -0.39 is 35.7 Å². The summed E-state index contributed by atoms with van der Waals surface area (Å²) in [5.74, 6) is -1.33. The molecule has 0 saturated carbocycles. The van der Waals surface area contributed by atoms with Crippen molar-refractivity contribution in [3.05, 3.63) is 82.0 Å². The van der Waals surface area contributed by atoms with E-state index in [0.29, 0.717) is 109 Å². The van der Waals surface area contributed by atoms with Gasteiger partial charge in [0.15, 0.2) is 0 Å². The van der Waals surface area contributed by atoms with Crippen molar-refractivity contribution in [2.75, 3.05) is 75.2 Å². The highest BCUT2D eigenvalue weighted by Crippen LogP contribution is 2.40. The van der Waals surface area contributed by atoms with E-state index in [4.69, 9.17) is 4.42 Å². The maximum Gasteiger partial charge on any atom is 0.349 e. The fourth-order valence-electron chi connectivity index (χ4n) is 12.9. The number of aromatic nitrogens is 2. The van der Waals surface area contributed by atoms with Crippen LogP contribution in [0.15, 0.2) is 64.1 Å². The summed E-state index contributed by atoms with van der Waals surface area (Å²) in [5.41, 5.74) is 5.99. The lowest BCUT2D eigenvalue weighted by molar-refractivity contribution is -0.152. The normalized spacial score (nSPS) is 23.9. The van der Waals surface area contributed by atoms with Crippen LogP contribution in [0.25, 0.3) is 32.8 Å². The minimum Gasteiger partial charge on any atom is -0.422 e. The minimum absolute atomic E-state index is 0.0506. The molecule has 3 aromatic heterocycles. The molecule has 16 nitrogen and oxygen atoms in total. The molecule has 0 bridgehead atoms. The number of hydrogen-bond acceptors (Lipinski definition) is 11. The maximum atomic E-state index is 14.6. The number of carbonyl (C=O) groups excluding carboxylic acids is 5. The van der Waals surface area contributed by atoms with Gasteiger partial charge in [-0.05, 0) is 119 Å². The molecule has 2 aromatic carbocycles. The molecule has 10 heterocycles. The highest BCUT2D eigenvalue weighted by atomic mass is 16.4. The average Bonchev–Trinajstić information content (AvgIpc) is 4.24. The SMILES string of the molecule is O=C([C@@H]1CCCN1C(=O)[C@@H]1CCCN1C(=O)[C@@H]1CCCN1C(=O)[C@@H]1CCCN1C(=O)c1cc2cc3c4c(c2oc1=O)CCCN4CCC3)N1CCN(c2cc3cccnc3c3ncccc23)CC1. The summed E-state index contributed by atoms with van der Waals surface area (Å²) in [7, 11) is 0. The Morgan fingerprint density at radius 2 is 1.12 bits per heavy atom. The number of likely N-dealkylation sites (tertiary alicyclic amines) is 4. The van der Waals surface area contributed by atoms with Gasteiger partial charge < -0.3 is 38.7 Å². The van der Waals surface area contributed by atoms with Crippen molar-refractivity contribution in [2.45, 2.75) is 101 Å². The lowest BCUT2D eigenvalue weighted by Gasteiger charge is -2.39. The first kappa shape index (κ1) is 42.8. The molecule has 5 saturated heterocycles. The summed E-state index contributed by atoms with van der Waals surface area (Å²) in [5, 5.41) is 2.77. The van der Waals surface area contributed by atoms with Crippen molar-refractivity contribution in [2.24, 2.45) is 0 Å². The second kappa shape index (κ2) is 17.2. The summed E-state index contributed by atoms with van der Waals surface area (Å²) in [6.45, 7) is 5.81. The number of aryl methyl sites for hydroxylation is 2. The minimum atomic E-state index is -0.820. The quantitative estimate of drug-likeness (QED) is 0.174. The number of nitrogens with zero attached hydrogens (tertiary/aromatic N) is 9. The zero-order valence-electron chi connectivity index (χ0n) is 38.4. The molecule has 5 aromatic rings. The Kier molecular flexibility index (Phi) is 10.8. The first-order chi connectivity index (χ1) is 33.2. The fourth-order valence-corrected chi connectivity index (χ4v) is 12.9. The Bertz CT molecular complexity index is 2960. The molecule has 16 heteroatoms. The number of hydrogen-bond donors (Lipinski definition) is 0. The average molecular weight is 920 g/mol. The number of amides is 5. The number of carbonyl (C=O) groups is 5. The highest BCUT2D eigenvalue weighted by molar-refractivity contribution is 6.09. The molecule has 0 aliphatic carbocycles. The van der Waals surface area contributed by atoms with Gasteiger partial charge in [0.1, 0.15) is 35.3 Å². The summed E-state index contributed by atoms with van der Waals surface area (Å²) in [6, 6.07) is 11.0. The standard InChI is InChI=1S/C52H57N9O7/c62-47(37-30-34-29-33-10-3-19-56-20-4-12-36(45(33)56)46(34)68-52(37)67)58-21-6-14-39(58)49(64)60-23-8-16-41(60)51(66)61-24-7-15-40(61)50(65)59-22-5-13-38(59)48(63)57-27-25-55(26-28-57)42-31-32-9-1-17-53-43(32)44-35(42)11-2-18-54-44/h1-2,9,11,17-18,29-31,38-41H,3-8,10,12-16,19-28H2/t38-,39-,40-,41-/m0/s1. The third-order valence-electron chi connectivity index (χ3n) is 16.1. The predicted molar refractivity (Wildman–Crippen MR) is 255 cm³/mol. The van der Waals surface area contributed by atoms with E-state index >= 15 is 0 Å². The Hall–Kier alpha value is -6.58. The van der Waals surface area contributed by atoms with E-state index in [0.717, 1.165) is 77.2 Å². The molecule has 7 aliphatic heterocycles. The number of rotatable bonds is 6. The molecule has 0 N–H and O–H groups in total. The van der Waals surface area contributed by atoms with Crippen LogP contribution < -0.4 is 15.4 Å². The van der Waals surface area contributed by atoms with Crippen molar-refractivity contribution in [1.82, 2.24) is 34.5 Å². The number of pyridine rings is 2. The van der Waals surface area contributed by atoms with Gasteiger partial charge in [-0.25, -0.2) is 4.79 Å². The highest BCUT2D eigenvalue weighted by Gasteiger charge is 2.48. The van der Waals surface area contributed by atoms with Crippen LogP contribution in [0.4, 0.5) is 11.4 Å². The summed E-state index contributed by atoms with van der Waals surface area (Å²) < 4.78 is 5.97. The van der Waals surface area contributed by atoms with Gasteiger partial charge in [0.25, 0.3) is 5.91 Å². The molecule has 0 unspecified atom stereocenters. The smallest absolute Gasteiger partial charge is 0.349 e. The van der Waals surface area contributed by atoms with Crippen LogP contribution in [-0.2, 0) is 32.0 Å². The lowest BCUT2D eigenvalue weighted by Crippen LogP contribution is -2.58. The van der Waals surface area contributed by atoms with Crippen LogP contribution in [0.1, 0.15) is 85.7 Å². The molecule has 4 atom stereocenters. The first-order valence-corrected chi connectivity index (χ1v) is 25.0. The molecule has 5 amide bonds. The summed E-state index contributed by atoms with van der Waals surface area (Å²) in [4.78, 5) is 108. The maximum absolute atomic E-state index is 14.6. The molecule has 12 rings (SSSR count). The zero-order chi connectivity index (χ0) is 46.2. The zero-order valence-corrected chi connectivity index (χ0v) is 38.4. The van der Waals surface area contributed by atoms with Gasteiger partial charge >= 0.3 is 5.63 Å². The Morgan fingerprint density at radius 3 is 1.78 bits per heavy atom. The molecular formula is C52H57N9O7. The van der Waals surface area contributed by atoms with E-state index in [-0.39, 0.29) is 29.2 Å². The van der Waals surface area contributed by atoms with Gasteiger partial charge in [0, 0.05) is 111 Å². The van der Waals surface area contributed by atoms with Crippen molar-refractivity contribution in [3.63, 3.8) is 0 Å². The molecule has 5 fully saturated rings. The van der Waals surface area contributed by atoms with Gasteiger partial charge in [-0.1, -0.05) is 6.07 Å². The Morgan fingerprint density at radius 1 is 0.544 bits per heavy atom. The van der Waals surface area contributed by atoms with Crippen molar-refractivity contribution >= 4 is 73.7 Å². The van der Waals surface area contributed by atoms with E-state index in [1.54, 1.807) is 33.2 Å². The number of piperazine rings is 1. The van der Waals surface area contributed by atoms with Crippen molar-refractivity contribution in [3.8, 4) is 0 Å². The molecule has 0 spiro atoms. The van der Waals surface area contributed by atoms with E-state index in [9.17, 15) is 28.8 Å². The third kappa shape index (κ3) is 7.07. The van der Waals surface area contributed by atoms with E-state index in [1.165, 1.54) is 16.2 Å². The molecular weight excluding hydrogens is 863 g/mol. The second-order valence-electron chi connectivity index (χ2n) is 19.8. The van der Waals surface area contributed by atoms with Crippen LogP contribution in [-0.4, -0.2) is 154 Å². The van der Waals surface area contributed by atoms with E-state index in [2.05, 4.69) is 38.0 Å². The molecule has 0 radical (unpaired) electrons. The van der Waals surface area contributed by atoms with Gasteiger partial charge in [-0.2, -0.15) is 0 Å². The molecule has 352 valence electrons. The number of benzene rings is 2. The van der Waals surface area contributed by atoms with Crippen LogP contribution in [0.3, 0.4) is 0 Å². The third-order valence-corrected chi connectivity index (χ3v) is 16.1.